The first-order valence-electron chi connectivity index (χ1n) is 6.52. The summed E-state index contributed by atoms with van der Waals surface area (Å²) in [6.07, 6.45) is 0. The number of halogens is 2. The molecule has 0 aliphatic rings. The lowest BCUT2D eigenvalue weighted by atomic mass is 10.2. The van der Waals surface area contributed by atoms with Crippen LogP contribution in [0.1, 0.15) is 21.3 Å². The molecule has 0 saturated carbocycles. The molecule has 23 heavy (non-hydrogen) atoms. The fourth-order valence-electron chi connectivity index (χ4n) is 2.12. The SMILES string of the molecule is Cc1nc2ccc(N(C)C(=O)c3ccc(CN)o3)cc2s1.Cl.Cl. The van der Waals surface area contributed by atoms with Crippen molar-refractivity contribution in [3.8, 4) is 0 Å². The smallest absolute Gasteiger partial charge is 0.293 e. The molecule has 0 aliphatic carbocycles. The van der Waals surface area contributed by atoms with Gasteiger partial charge in [-0.2, -0.15) is 0 Å². The molecule has 2 aromatic heterocycles. The summed E-state index contributed by atoms with van der Waals surface area (Å²) in [6.45, 7) is 2.25. The number of aromatic nitrogens is 1. The van der Waals surface area contributed by atoms with E-state index in [-0.39, 0.29) is 37.3 Å². The molecular weight excluding hydrogens is 357 g/mol. The maximum absolute atomic E-state index is 12.4. The number of hydrogen-bond donors (Lipinski definition) is 1. The van der Waals surface area contributed by atoms with Gasteiger partial charge in [0.1, 0.15) is 5.76 Å². The van der Waals surface area contributed by atoms with Gasteiger partial charge < -0.3 is 15.1 Å². The van der Waals surface area contributed by atoms with Gasteiger partial charge in [0.05, 0.1) is 21.8 Å². The molecule has 1 amide bonds. The van der Waals surface area contributed by atoms with Gasteiger partial charge in [-0.1, -0.05) is 0 Å². The maximum Gasteiger partial charge on any atom is 0.293 e. The van der Waals surface area contributed by atoms with Gasteiger partial charge in [-0.15, -0.1) is 36.2 Å². The number of nitrogens with zero attached hydrogens (tertiary/aromatic N) is 2. The number of anilines is 1. The number of hydrogen-bond acceptors (Lipinski definition) is 5. The molecule has 0 unspecified atom stereocenters. The summed E-state index contributed by atoms with van der Waals surface area (Å²) in [5.41, 5.74) is 7.25. The second-order valence-corrected chi connectivity index (χ2v) is 5.95. The van der Waals surface area contributed by atoms with E-state index in [4.69, 9.17) is 10.2 Å². The molecule has 3 aromatic rings. The lowest BCUT2D eigenvalue weighted by Crippen LogP contribution is -2.25. The molecule has 0 atom stereocenters. The Kier molecular flexibility index (Phi) is 6.58. The highest BCUT2D eigenvalue weighted by Gasteiger charge is 2.18. The maximum atomic E-state index is 12.4. The highest BCUT2D eigenvalue weighted by molar-refractivity contribution is 7.18. The van der Waals surface area contributed by atoms with Crippen molar-refractivity contribution < 1.29 is 9.21 Å². The van der Waals surface area contributed by atoms with E-state index in [1.165, 1.54) is 0 Å². The Hall–Kier alpha value is -1.60. The average molecular weight is 374 g/mol. The van der Waals surface area contributed by atoms with Crippen molar-refractivity contribution in [3.63, 3.8) is 0 Å². The third-order valence-corrected chi connectivity index (χ3v) is 4.18. The number of thiazole rings is 1. The molecule has 0 spiro atoms. The Bertz CT molecular complexity index is 816. The largest absolute Gasteiger partial charge is 0.455 e. The van der Waals surface area contributed by atoms with Crippen LogP contribution in [0, 0.1) is 6.92 Å². The third kappa shape index (κ3) is 3.84. The Morgan fingerprint density at radius 3 is 2.70 bits per heavy atom. The molecule has 0 saturated heterocycles. The Morgan fingerprint density at radius 2 is 2.04 bits per heavy atom. The molecule has 1 aromatic carbocycles. The summed E-state index contributed by atoms with van der Waals surface area (Å²) < 4.78 is 6.46. The number of rotatable bonds is 3. The van der Waals surface area contributed by atoms with E-state index < -0.39 is 0 Å². The molecule has 8 heteroatoms. The summed E-state index contributed by atoms with van der Waals surface area (Å²) >= 11 is 1.61. The quantitative estimate of drug-likeness (QED) is 0.757. The van der Waals surface area contributed by atoms with Gasteiger partial charge in [0.2, 0.25) is 0 Å². The summed E-state index contributed by atoms with van der Waals surface area (Å²) in [5, 5.41) is 1.01. The van der Waals surface area contributed by atoms with Gasteiger partial charge in [0.15, 0.2) is 5.76 Å². The number of furan rings is 1. The van der Waals surface area contributed by atoms with Gasteiger partial charge in [0.25, 0.3) is 5.91 Å². The van der Waals surface area contributed by atoms with Gasteiger partial charge in [-0.25, -0.2) is 4.98 Å². The topological polar surface area (TPSA) is 72.4 Å². The molecule has 0 bridgehead atoms. The minimum atomic E-state index is -0.199. The van der Waals surface area contributed by atoms with E-state index in [0.717, 1.165) is 20.9 Å². The predicted octanol–water partition coefficient (Wildman–Crippen LogP) is 3.78. The Labute approximate surface area is 150 Å². The Morgan fingerprint density at radius 1 is 1.30 bits per heavy atom. The molecule has 124 valence electrons. The van der Waals surface area contributed by atoms with Crippen molar-refractivity contribution in [3.05, 3.63) is 46.9 Å². The van der Waals surface area contributed by atoms with E-state index >= 15 is 0 Å². The van der Waals surface area contributed by atoms with E-state index in [2.05, 4.69) is 4.98 Å². The normalized spacial score (nSPS) is 10.0. The van der Waals surface area contributed by atoms with Crippen LogP contribution in [0.15, 0.2) is 34.7 Å². The van der Waals surface area contributed by atoms with Crippen LogP contribution in [0.5, 0.6) is 0 Å². The molecule has 0 fully saturated rings. The van der Waals surface area contributed by atoms with Gasteiger partial charge in [0, 0.05) is 12.7 Å². The standard InChI is InChI=1S/C15H15N3O2S.2ClH/c1-9-17-12-5-3-10(7-14(12)21-9)18(2)15(19)13-6-4-11(8-16)20-13;;/h3-7H,8,16H2,1-2H3;2*1H. The number of fused-ring (bicyclic) bond motifs is 1. The number of carbonyl (C=O) groups excluding carboxylic acids is 1. The first kappa shape index (κ1) is 19.4. The van der Waals surface area contributed by atoms with Crippen molar-refractivity contribution in [1.29, 1.82) is 0 Å². The van der Waals surface area contributed by atoms with Crippen molar-refractivity contribution in [2.45, 2.75) is 13.5 Å². The Balaban J connectivity index is 0.00000132. The number of benzene rings is 1. The zero-order valence-corrected chi connectivity index (χ0v) is 15.1. The van der Waals surface area contributed by atoms with Crippen molar-refractivity contribution in [1.82, 2.24) is 4.98 Å². The van der Waals surface area contributed by atoms with E-state index in [0.29, 0.717) is 11.5 Å². The minimum absolute atomic E-state index is 0. The molecule has 2 N–H and O–H groups in total. The van der Waals surface area contributed by atoms with Crippen molar-refractivity contribution in [2.24, 2.45) is 5.73 Å². The second-order valence-electron chi connectivity index (χ2n) is 4.72. The van der Waals surface area contributed by atoms with Crippen LogP contribution in [0.25, 0.3) is 10.2 Å². The number of nitrogens with two attached hydrogens (primary N) is 1. The first-order chi connectivity index (χ1) is 10.1. The van der Waals surface area contributed by atoms with Crippen molar-refractivity contribution in [2.75, 3.05) is 11.9 Å². The van der Waals surface area contributed by atoms with Crippen LogP contribution in [-0.4, -0.2) is 17.9 Å². The summed E-state index contributed by atoms with van der Waals surface area (Å²) in [6, 6.07) is 9.13. The van der Waals surface area contributed by atoms with E-state index in [1.54, 1.807) is 35.4 Å². The summed E-state index contributed by atoms with van der Waals surface area (Å²) in [4.78, 5) is 18.4. The number of amides is 1. The molecule has 0 aliphatic heterocycles. The van der Waals surface area contributed by atoms with E-state index in [9.17, 15) is 4.79 Å². The van der Waals surface area contributed by atoms with Crippen LogP contribution in [0.4, 0.5) is 5.69 Å². The lowest BCUT2D eigenvalue weighted by molar-refractivity contribution is 0.0965. The fourth-order valence-corrected chi connectivity index (χ4v) is 2.98. The highest BCUT2D eigenvalue weighted by atomic mass is 35.5. The second kappa shape index (κ2) is 7.79. The summed E-state index contributed by atoms with van der Waals surface area (Å²) in [7, 11) is 1.72. The fraction of sp³-hybridized carbons (Fsp3) is 0.200. The van der Waals surface area contributed by atoms with Crippen LogP contribution in [-0.2, 0) is 6.54 Å². The third-order valence-electron chi connectivity index (χ3n) is 3.24. The predicted molar refractivity (Wildman–Crippen MR) is 98.2 cm³/mol. The highest BCUT2D eigenvalue weighted by Crippen LogP contribution is 2.27. The van der Waals surface area contributed by atoms with Crippen LogP contribution < -0.4 is 10.6 Å². The van der Waals surface area contributed by atoms with E-state index in [1.807, 2.05) is 25.1 Å². The van der Waals surface area contributed by atoms with Gasteiger partial charge in [-0.3, -0.25) is 4.79 Å². The van der Waals surface area contributed by atoms with Crippen molar-refractivity contribution >= 4 is 58.0 Å². The molecule has 0 radical (unpaired) electrons. The average Bonchev–Trinajstić information content (AvgIpc) is 3.09. The lowest BCUT2D eigenvalue weighted by Gasteiger charge is -2.15. The zero-order chi connectivity index (χ0) is 15.0. The van der Waals surface area contributed by atoms with Crippen LogP contribution >= 0.6 is 36.2 Å². The zero-order valence-electron chi connectivity index (χ0n) is 12.6. The molecular formula is C15H17Cl2N3O2S. The number of aryl methyl sites for hydroxylation is 1. The molecule has 5 nitrogen and oxygen atoms in total. The summed E-state index contributed by atoms with van der Waals surface area (Å²) in [5.74, 6) is 0.689. The first-order valence-corrected chi connectivity index (χ1v) is 7.34. The van der Waals surface area contributed by atoms with Gasteiger partial charge >= 0.3 is 0 Å². The van der Waals surface area contributed by atoms with Crippen LogP contribution in [0.3, 0.4) is 0 Å². The van der Waals surface area contributed by atoms with Crippen LogP contribution in [0.2, 0.25) is 0 Å². The molecule has 3 rings (SSSR count). The minimum Gasteiger partial charge on any atom is -0.455 e. The monoisotopic (exact) mass is 373 g/mol. The number of carbonyl (C=O) groups is 1. The molecule has 2 heterocycles. The van der Waals surface area contributed by atoms with Gasteiger partial charge in [-0.05, 0) is 37.3 Å².